The van der Waals surface area contributed by atoms with Crippen molar-refractivity contribution in [3.63, 3.8) is 0 Å². The smallest absolute Gasteiger partial charge is 0.172 e. The first-order chi connectivity index (χ1) is 9.32. The zero-order valence-corrected chi connectivity index (χ0v) is 12.7. The van der Waals surface area contributed by atoms with Crippen LogP contribution in [0.25, 0.3) is 0 Å². The molecular weight excluding hydrogens is 278 g/mol. The summed E-state index contributed by atoms with van der Waals surface area (Å²) in [4.78, 5) is 2.16. The number of morpholine rings is 1. The zero-order chi connectivity index (χ0) is 14.9. The Labute approximate surface area is 124 Å². The van der Waals surface area contributed by atoms with Gasteiger partial charge in [0.1, 0.15) is 0 Å². The number of oxime groups is 1. The largest absolute Gasteiger partial charge is 0.409 e. The molecule has 1 atom stereocenters. The molecule has 1 aromatic rings. The second kappa shape index (κ2) is 5.50. The molecule has 0 aliphatic carbocycles. The minimum atomic E-state index is -0.262. The zero-order valence-electron chi connectivity index (χ0n) is 11.9. The third-order valence-corrected chi connectivity index (χ3v) is 3.49. The molecule has 1 unspecified atom stereocenters. The van der Waals surface area contributed by atoms with E-state index in [1.54, 1.807) is 12.1 Å². The number of ether oxygens (including phenoxy) is 1. The predicted molar refractivity (Wildman–Crippen MR) is 80.8 cm³/mol. The third-order valence-electron chi connectivity index (χ3n) is 3.25. The predicted octanol–water partition coefficient (Wildman–Crippen LogP) is 2.44. The molecule has 1 aliphatic heterocycles. The molecule has 1 fully saturated rings. The van der Waals surface area contributed by atoms with Crippen LogP contribution in [-0.2, 0) is 4.74 Å². The van der Waals surface area contributed by atoms with E-state index in [0.717, 1.165) is 12.2 Å². The maximum absolute atomic E-state index is 8.92. The Hall–Kier alpha value is -1.46. The lowest BCUT2D eigenvalue weighted by Gasteiger charge is -2.43. The van der Waals surface area contributed by atoms with Gasteiger partial charge >= 0.3 is 0 Å². The van der Waals surface area contributed by atoms with Crippen molar-refractivity contribution in [3.8, 4) is 0 Å². The molecule has 20 heavy (non-hydrogen) atoms. The molecule has 0 bridgehead atoms. The number of hydrogen-bond donors (Lipinski definition) is 2. The van der Waals surface area contributed by atoms with E-state index in [1.807, 2.05) is 26.8 Å². The highest BCUT2D eigenvalue weighted by Gasteiger charge is 2.32. The number of rotatable bonds is 2. The van der Waals surface area contributed by atoms with Crippen molar-refractivity contribution in [2.24, 2.45) is 10.9 Å². The molecule has 0 aromatic heterocycles. The summed E-state index contributed by atoms with van der Waals surface area (Å²) in [6.07, 6.45) is 0.0953. The maximum Gasteiger partial charge on any atom is 0.172 e. The van der Waals surface area contributed by atoms with Crippen molar-refractivity contribution in [2.75, 3.05) is 18.0 Å². The number of amidine groups is 1. The van der Waals surface area contributed by atoms with Crippen molar-refractivity contribution in [3.05, 3.63) is 28.8 Å². The van der Waals surface area contributed by atoms with Crippen LogP contribution in [0.5, 0.6) is 0 Å². The standard InChI is InChI=1S/C14H20ClN3O2/c1-9-7-18(8-14(2,3)20-9)12-6-10(15)4-5-11(12)13(16)17-19/h4-6,9,19H,7-8H2,1-3H3,(H2,16,17). The van der Waals surface area contributed by atoms with Gasteiger partial charge < -0.3 is 20.6 Å². The Kier molecular flexibility index (Phi) is 4.11. The van der Waals surface area contributed by atoms with Gasteiger partial charge in [-0.05, 0) is 39.0 Å². The van der Waals surface area contributed by atoms with Crippen molar-refractivity contribution >= 4 is 23.1 Å². The summed E-state index contributed by atoms with van der Waals surface area (Å²) in [6.45, 7) is 7.56. The Morgan fingerprint density at radius 2 is 2.25 bits per heavy atom. The molecule has 0 radical (unpaired) electrons. The van der Waals surface area contributed by atoms with Crippen LogP contribution in [0.15, 0.2) is 23.4 Å². The van der Waals surface area contributed by atoms with Gasteiger partial charge in [-0.2, -0.15) is 0 Å². The molecule has 0 spiro atoms. The van der Waals surface area contributed by atoms with Gasteiger partial charge in [0.25, 0.3) is 0 Å². The average Bonchev–Trinajstić information content (AvgIpc) is 2.35. The minimum Gasteiger partial charge on any atom is -0.409 e. The Morgan fingerprint density at radius 1 is 1.55 bits per heavy atom. The van der Waals surface area contributed by atoms with E-state index >= 15 is 0 Å². The van der Waals surface area contributed by atoms with Gasteiger partial charge in [-0.25, -0.2) is 0 Å². The SMILES string of the molecule is CC1CN(c2cc(Cl)ccc2C(N)=NO)CC(C)(C)O1. The molecule has 0 amide bonds. The summed E-state index contributed by atoms with van der Waals surface area (Å²) in [5, 5.41) is 12.6. The van der Waals surface area contributed by atoms with Gasteiger partial charge in [0.05, 0.1) is 11.7 Å². The second-order valence-corrected chi connectivity index (χ2v) is 6.15. The van der Waals surface area contributed by atoms with Gasteiger partial charge in [0, 0.05) is 29.4 Å². The third kappa shape index (κ3) is 3.16. The average molecular weight is 298 g/mol. The minimum absolute atomic E-state index is 0.0774. The molecular formula is C14H20ClN3O2. The van der Waals surface area contributed by atoms with Gasteiger partial charge in [-0.3, -0.25) is 0 Å². The normalized spacial score (nSPS) is 22.9. The first-order valence-corrected chi connectivity index (χ1v) is 6.90. The van der Waals surface area contributed by atoms with Gasteiger partial charge in [-0.15, -0.1) is 0 Å². The molecule has 1 aliphatic rings. The highest BCUT2D eigenvalue weighted by Crippen LogP contribution is 2.30. The summed E-state index contributed by atoms with van der Waals surface area (Å²) in [6, 6.07) is 5.33. The fourth-order valence-electron chi connectivity index (χ4n) is 2.67. The van der Waals surface area contributed by atoms with Crippen molar-refractivity contribution < 1.29 is 9.94 Å². The molecule has 1 heterocycles. The van der Waals surface area contributed by atoms with E-state index in [2.05, 4.69) is 10.1 Å². The van der Waals surface area contributed by atoms with Gasteiger partial charge in [-0.1, -0.05) is 16.8 Å². The summed E-state index contributed by atoms with van der Waals surface area (Å²) in [7, 11) is 0. The van der Waals surface area contributed by atoms with Crippen LogP contribution >= 0.6 is 11.6 Å². The van der Waals surface area contributed by atoms with Gasteiger partial charge in [0.2, 0.25) is 0 Å². The first kappa shape index (κ1) is 14.9. The van der Waals surface area contributed by atoms with E-state index in [-0.39, 0.29) is 17.5 Å². The van der Waals surface area contributed by atoms with Gasteiger partial charge in [0.15, 0.2) is 5.84 Å². The monoisotopic (exact) mass is 297 g/mol. The first-order valence-electron chi connectivity index (χ1n) is 6.52. The fraction of sp³-hybridized carbons (Fsp3) is 0.500. The lowest BCUT2D eigenvalue weighted by Crippen LogP contribution is -2.52. The molecule has 6 heteroatoms. The summed E-state index contributed by atoms with van der Waals surface area (Å²) >= 11 is 6.09. The lowest BCUT2D eigenvalue weighted by atomic mass is 10.0. The van der Waals surface area contributed by atoms with E-state index in [1.165, 1.54) is 0 Å². The van der Waals surface area contributed by atoms with Crippen LogP contribution in [0.1, 0.15) is 26.3 Å². The Morgan fingerprint density at radius 3 is 2.85 bits per heavy atom. The highest BCUT2D eigenvalue weighted by molar-refractivity contribution is 6.31. The Bertz CT molecular complexity index is 531. The number of halogens is 1. The van der Waals surface area contributed by atoms with E-state index in [0.29, 0.717) is 17.1 Å². The lowest BCUT2D eigenvalue weighted by molar-refractivity contribution is -0.0749. The maximum atomic E-state index is 8.92. The van der Waals surface area contributed by atoms with Crippen LogP contribution in [0.3, 0.4) is 0 Å². The molecule has 5 nitrogen and oxygen atoms in total. The quantitative estimate of drug-likeness (QED) is 0.381. The molecule has 0 saturated carbocycles. The van der Waals surface area contributed by atoms with Crippen LogP contribution in [0, 0.1) is 0 Å². The molecule has 110 valence electrons. The Balaban J connectivity index is 2.43. The van der Waals surface area contributed by atoms with E-state index in [9.17, 15) is 0 Å². The fourth-order valence-corrected chi connectivity index (χ4v) is 2.84. The molecule has 1 saturated heterocycles. The van der Waals surface area contributed by atoms with Crippen molar-refractivity contribution in [2.45, 2.75) is 32.5 Å². The number of hydrogen-bond acceptors (Lipinski definition) is 4. The van der Waals surface area contributed by atoms with Crippen LogP contribution in [0.2, 0.25) is 5.02 Å². The molecule has 1 aromatic carbocycles. The summed E-state index contributed by atoms with van der Waals surface area (Å²) in [5.41, 5.74) is 7.02. The van der Waals surface area contributed by atoms with Crippen LogP contribution in [0.4, 0.5) is 5.69 Å². The second-order valence-electron chi connectivity index (χ2n) is 5.72. The highest BCUT2D eigenvalue weighted by atomic mass is 35.5. The number of nitrogens with two attached hydrogens (primary N) is 1. The summed E-state index contributed by atoms with van der Waals surface area (Å²) < 4.78 is 5.90. The molecule has 3 N–H and O–H groups in total. The van der Waals surface area contributed by atoms with E-state index in [4.69, 9.17) is 27.3 Å². The van der Waals surface area contributed by atoms with Crippen molar-refractivity contribution in [1.82, 2.24) is 0 Å². The van der Waals surface area contributed by atoms with Crippen molar-refractivity contribution in [1.29, 1.82) is 0 Å². The topological polar surface area (TPSA) is 71.1 Å². The summed E-state index contributed by atoms with van der Waals surface area (Å²) in [5.74, 6) is 0.0774. The van der Waals surface area contributed by atoms with Crippen LogP contribution in [-0.4, -0.2) is 35.8 Å². The van der Waals surface area contributed by atoms with Crippen LogP contribution < -0.4 is 10.6 Å². The number of nitrogens with zero attached hydrogens (tertiary/aromatic N) is 2. The number of benzene rings is 1. The van der Waals surface area contributed by atoms with E-state index < -0.39 is 0 Å². The number of anilines is 1. The molecule has 2 rings (SSSR count).